The molecule has 0 aromatic rings. The molecule has 0 bridgehead atoms. The summed E-state index contributed by atoms with van der Waals surface area (Å²) in [7, 11) is 0. The van der Waals surface area contributed by atoms with Crippen LogP contribution >= 0.6 is 0 Å². The van der Waals surface area contributed by atoms with E-state index in [9.17, 15) is 5.11 Å². The van der Waals surface area contributed by atoms with Crippen LogP contribution in [0.1, 0.15) is 96.8 Å². The van der Waals surface area contributed by atoms with Crippen molar-refractivity contribution in [3.63, 3.8) is 0 Å². The summed E-state index contributed by atoms with van der Waals surface area (Å²) in [6.45, 7) is 4.50. The molecule has 0 spiro atoms. The van der Waals surface area contributed by atoms with Crippen LogP contribution in [-0.4, -0.2) is 36.9 Å². The van der Waals surface area contributed by atoms with Crippen LogP contribution in [0.15, 0.2) is 0 Å². The maximum atomic E-state index is 10.5. The summed E-state index contributed by atoms with van der Waals surface area (Å²) in [5.74, 6) is 0. The topological polar surface area (TPSA) is 84.3 Å². The van der Waals surface area contributed by atoms with E-state index in [0.29, 0.717) is 6.54 Å². The molecule has 0 heterocycles. The molecule has 0 aliphatic rings. The Balaban J connectivity index is 3.79. The van der Waals surface area contributed by atoms with Gasteiger partial charge in [-0.15, -0.1) is 0 Å². The minimum atomic E-state index is -0.226. The highest BCUT2D eigenvalue weighted by molar-refractivity contribution is 4.76. The average molecular weight is 344 g/mol. The third-order valence-electron chi connectivity index (χ3n) is 4.84. The van der Waals surface area contributed by atoms with Gasteiger partial charge in [0.1, 0.15) is 0 Å². The van der Waals surface area contributed by atoms with Gasteiger partial charge in [-0.2, -0.15) is 0 Å². The monoisotopic (exact) mass is 343 g/mol. The Labute approximate surface area is 151 Å². The van der Waals surface area contributed by atoms with Gasteiger partial charge in [-0.05, 0) is 25.8 Å². The number of hydrogen-bond donors (Lipinski definition) is 4. The number of rotatable bonds is 19. The highest BCUT2D eigenvalue weighted by Gasteiger charge is 2.17. The number of aliphatic hydroxyl groups is 1. The summed E-state index contributed by atoms with van der Waals surface area (Å²) in [5, 5.41) is 13.9. The van der Waals surface area contributed by atoms with Crippen molar-refractivity contribution in [1.29, 1.82) is 0 Å². The van der Waals surface area contributed by atoms with Gasteiger partial charge in [0.25, 0.3) is 0 Å². The first kappa shape index (κ1) is 23.8. The lowest BCUT2D eigenvalue weighted by atomic mass is 9.97. The van der Waals surface area contributed by atoms with E-state index in [4.69, 9.17) is 11.5 Å². The Morgan fingerprint density at radius 3 is 1.83 bits per heavy atom. The summed E-state index contributed by atoms with van der Waals surface area (Å²) >= 11 is 0. The van der Waals surface area contributed by atoms with Gasteiger partial charge in [-0.1, -0.05) is 77.6 Å². The lowest BCUT2D eigenvalue weighted by Gasteiger charge is -2.24. The fourth-order valence-electron chi connectivity index (χ4n) is 3.25. The first-order valence-electron chi connectivity index (χ1n) is 10.6. The summed E-state index contributed by atoms with van der Waals surface area (Å²) in [4.78, 5) is 0. The highest BCUT2D eigenvalue weighted by atomic mass is 16.3. The molecule has 0 rings (SSSR count). The molecule has 0 aromatic heterocycles. The van der Waals surface area contributed by atoms with E-state index in [0.717, 1.165) is 38.8 Å². The van der Waals surface area contributed by atoms with E-state index < -0.39 is 0 Å². The van der Waals surface area contributed by atoms with Crippen LogP contribution in [0.3, 0.4) is 0 Å². The molecule has 0 amide bonds. The Morgan fingerprint density at radius 1 is 0.708 bits per heavy atom. The molecule has 4 heteroatoms. The van der Waals surface area contributed by atoms with E-state index in [1.165, 1.54) is 64.2 Å². The van der Waals surface area contributed by atoms with Crippen LogP contribution in [0.2, 0.25) is 0 Å². The van der Waals surface area contributed by atoms with Crippen molar-refractivity contribution >= 4 is 0 Å². The zero-order valence-electron chi connectivity index (χ0n) is 16.3. The summed E-state index contributed by atoms with van der Waals surface area (Å²) in [5.41, 5.74) is 11.1. The minimum Gasteiger partial charge on any atom is -0.392 e. The Hall–Kier alpha value is -0.160. The molecule has 0 aliphatic carbocycles. The molecule has 2 atom stereocenters. The first-order valence-corrected chi connectivity index (χ1v) is 10.6. The van der Waals surface area contributed by atoms with E-state index in [1.54, 1.807) is 0 Å². The van der Waals surface area contributed by atoms with E-state index >= 15 is 0 Å². The molecule has 0 fully saturated rings. The number of nitrogens with two attached hydrogens (primary N) is 2. The van der Waals surface area contributed by atoms with E-state index in [1.807, 2.05) is 0 Å². The van der Waals surface area contributed by atoms with Gasteiger partial charge in [-0.25, -0.2) is 0 Å². The molecule has 4 nitrogen and oxygen atoms in total. The second-order valence-corrected chi connectivity index (χ2v) is 7.17. The fourth-order valence-corrected chi connectivity index (χ4v) is 3.25. The molecule has 0 aliphatic heterocycles. The van der Waals surface area contributed by atoms with Crippen molar-refractivity contribution in [3.8, 4) is 0 Å². The van der Waals surface area contributed by atoms with Crippen molar-refractivity contribution in [1.82, 2.24) is 5.32 Å². The van der Waals surface area contributed by atoms with Crippen molar-refractivity contribution in [2.24, 2.45) is 11.5 Å². The number of nitrogens with one attached hydrogen (secondary N) is 1. The zero-order chi connectivity index (χ0) is 17.9. The fraction of sp³-hybridized carbons (Fsp3) is 1.00. The Kier molecular flexibility index (Phi) is 19.0. The minimum absolute atomic E-state index is 0.219. The summed E-state index contributed by atoms with van der Waals surface area (Å²) < 4.78 is 0. The van der Waals surface area contributed by atoms with Crippen molar-refractivity contribution in [2.75, 3.05) is 19.6 Å². The second kappa shape index (κ2) is 19.2. The molecule has 0 saturated carbocycles. The van der Waals surface area contributed by atoms with E-state index in [2.05, 4.69) is 12.2 Å². The molecule has 0 saturated heterocycles. The lowest BCUT2D eigenvalue weighted by molar-refractivity contribution is 0.110. The maximum absolute atomic E-state index is 10.5. The maximum Gasteiger partial charge on any atom is 0.0693 e. The second-order valence-electron chi connectivity index (χ2n) is 7.17. The van der Waals surface area contributed by atoms with E-state index in [-0.39, 0.29) is 12.1 Å². The van der Waals surface area contributed by atoms with Crippen LogP contribution in [0.4, 0.5) is 0 Å². The molecular weight excluding hydrogens is 298 g/mol. The van der Waals surface area contributed by atoms with Gasteiger partial charge in [-0.3, -0.25) is 0 Å². The van der Waals surface area contributed by atoms with Crippen LogP contribution in [0.25, 0.3) is 0 Å². The summed E-state index contributed by atoms with van der Waals surface area (Å²) in [6.07, 6.45) is 16.9. The van der Waals surface area contributed by atoms with Crippen molar-refractivity contribution in [2.45, 2.75) is 109 Å². The lowest BCUT2D eigenvalue weighted by Crippen LogP contribution is -2.42. The summed E-state index contributed by atoms with van der Waals surface area (Å²) in [6, 6.07) is 0.219. The smallest absolute Gasteiger partial charge is 0.0693 e. The van der Waals surface area contributed by atoms with Gasteiger partial charge in [0, 0.05) is 19.1 Å². The molecule has 2 unspecified atom stereocenters. The molecule has 24 heavy (non-hydrogen) atoms. The molecule has 0 radical (unpaired) electrons. The quantitative estimate of drug-likeness (QED) is 0.269. The first-order chi connectivity index (χ1) is 11.8. The van der Waals surface area contributed by atoms with Crippen LogP contribution < -0.4 is 16.8 Å². The average Bonchev–Trinajstić information content (AvgIpc) is 2.59. The number of hydrogen-bond acceptors (Lipinski definition) is 4. The third-order valence-corrected chi connectivity index (χ3v) is 4.84. The normalized spacial score (nSPS) is 14.0. The van der Waals surface area contributed by atoms with Gasteiger partial charge >= 0.3 is 0 Å². The predicted molar refractivity (Wildman–Crippen MR) is 106 cm³/mol. The largest absolute Gasteiger partial charge is 0.392 e. The van der Waals surface area contributed by atoms with Gasteiger partial charge in [0.15, 0.2) is 0 Å². The van der Waals surface area contributed by atoms with Crippen LogP contribution in [-0.2, 0) is 0 Å². The molecule has 146 valence electrons. The molecule has 6 N–H and O–H groups in total. The van der Waals surface area contributed by atoms with Crippen LogP contribution in [0, 0.1) is 0 Å². The van der Waals surface area contributed by atoms with Gasteiger partial charge < -0.3 is 21.9 Å². The van der Waals surface area contributed by atoms with Crippen molar-refractivity contribution in [3.05, 3.63) is 0 Å². The van der Waals surface area contributed by atoms with Gasteiger partial charge in [0.2, 0.25) is 0 Å². The predicted octanol–water partition coefficient (Wildman–Crippen LogP) is 3.70. The Bertz CT molecular complexity index is 239. The van der Waals surface area contributed by atoms with Crippen molar-refractivity contribution < 1.29 is 5.11 Å². The molecular formula is C20H45N3O. The van der Waals surface area contributed by atoms with Crippen LogP contribution in [0.5, 0.6) is 0 Å². The highest BCUT2D eigenvalue weighted by Crippen LogP contribution is 2.15. The third kappa shape index (κ3) is 15.4. The van der Waals surface area contributed by atoms with Gasteiger partial charge in [0.05, 0.1) is 6.10 Å². The zero-order valence-corrected chi connectivity index (χ0v) is 16.3. The SMILES string of the molecule is CCCCCCCCC(NCCN)C(O)CCCCCCCCN. The molecule has 0 aromatic carbocycles. The Morgan fingerprint density at radius 2 is 1.25 bits per heavy atom. The standard InChI is InChI=1S/C20H45N3O/c1-2-3-4-5-8-11-14-19(23-18-17-22)20(24)15-12-9-6-7-10-13-16-21/h19-20,23-24H,2-18,21-22H2,1H3. The number of aliphatic hydroxyl groups excluding tert-OH is 1. The number of unbranched alkanes of at least 4 members (excludes halogenated alkanes) is 10.